The van der Waals surface area contributed by atoms with Crippen LogP contribution in [0.25, 0.3) is 0 Å². The minimum absolute atomic E-state index is 0.189. The number of hydrogen-bond donors (Lipinski definition) is 1. The van der Waals surface area contributed by atoms with E-state index in [1.807, 2.05) is 4.57 Å². The number of rotatable bonds is 1. The Balaban J connectivity index is 2.07. The van der Waals surface area contributed by atoms with Crippen molar-refractivity contribution in [1.29, 1.82) is 0 Å². The molecule has 1 aliphatic rings. The van der Waals surface area contributed by atoms with E-state index in [1.54, 1.807) is 36.9 Å². The summed E-state index contributed by atoms with van der Waals surface area (Å²) in [5.41, 5.74) is 1.29. The molecule has 6 heteroatoms. The Bertz CT molecular complexity index is 595. The highest BCUT2D eigenvalue weighted by atomic mass is 35.5. The Morgan fingerprint density at radius 2 is 2.39 bits per heavy atom. The highest BCUT2D eigenvalue weighted by Gasteiger charge is 2.28. The molecule has 1 aliphatic heterocycles. The lowest BCUT2D eigenvalue weighted by Crippen LogP contribution is -2.30. The molecular weight excluding hydrogens is 254 g/mol. The van der Waals surface area contributed by atoms with E-state index >= 15 is 0 Å². The van der Waals surface area contributed by atoms with Gasteiger partial charge in [-0.2, -0.15) is 0 Å². The van der Waals surface area contributed by atoms with Crippen LogP contribution in [0.1, 0.15) is 11.6 Å². The third kappa shape index (κ3) is 1.73. The molecule has 0 spiro atoms. The second kappa shape index (κ2) is 4.34. The van der Waals surface area contributed by atoms with Crippen LogP contribution in [0.3, 0.4) is 0 Å². The fraction of sp³-hybridized carbons (Fsp3) is 0.167. The molecule has 3 rings (SSSR count). The van der Waals surface area contributed by atoms with Crippen LogP contribution in [-0.4, -0.2) is 27.1 Å². The van der Waals surface area contributed by atoms with Gasteiger partial charge in [-0.05, 0) is 18.2 Å². The molecule has 0 aliphatic carbocycles. The molecule has 1 aromatic carbocycles. The average molecular weight is 264 g/mol. The molecule has 0 fully saturated rings. The first-order valence-corrected chi connectivity index (χ1v) is 5.79. The first-order valence-electron chi connectivity index (χ1n) is 5.41. The van der Waals surface area contributed by atoms with Crippen molar-refractivity contribution in [3.8, 4) is 5.75 Å². The van der Waals surface area contributed by atoms with E-state index in [0.29, 0.717) is 23.1 Å². The lowest BCUT2D eigenvalue weighted by molar-refractivity contribution is 0.261. The van der Waals surface area contributed by atoms with Gasteiger partial charge in [0.25, 0.3) is 0 Å². The number of fused-ring (bicyclic) bond motifs is 1. The van der Waals surface area contributed by atoms with Gasteiger partial charge >= 0.3 is 0 Å². The molecule has 0 amide bonds. The fourth-order valence-electron chi connectivity index (χ4n) is 2.06. The van der Waals surface area contributed by atoms with Crippen molar-refractivity contribution < 1.29 is 9.94 Å². The number of nitrogens with zero attached hydrogens (tertiary/aromatic N) is 3. The standard InChI is InChI=1S/C12H10ClN3O2/c13-8-1-2-9-11(5-8)18-6-10(12(9)15-17)16-4-3-14-7-16/h1-5,7,10,17H,6H2/b15-12-. The van der Waals surface area contributed by atoms with Gasteiger partial charge < -0.3 is 14.5 Å². The summed E-state index contributed by atoms with van der Waals surface area (Å²) in [6, 6.07) is 5.05. The predicted octanol–water partition coefficient (Wildman–Crippen LogP) is 2.35. The fourth-order valence-corrected chi connectivity index (χ4v) is 2.22. The van der Waals surface area contributed by atoms with Crippen molar-refractivity contribution >= 4 is 17.3 Å². The number of oxime groups is 1. The molecule has 92 valence electrons. The normalized spacial score (nSPS) is 20.5. The lowest BCUT2D eigenvalue weighted by Gasteiger charge is -2.27. The van der Waals surface area contributed by atoms with Gasteiger partial charge in [-0.3, -0.25) is 0 Å². The summed E-state index contributed by atoms with van der Waals surface area (Å²) < 4.78 is 7.49. The highest BCUT2D eigenvalue weighted by molar-refractivity contribution is 6.31. The smallest absolute Gasteiger partial charge is 0.130 e. The van der Waals surface area contributed by atoms with Crippen molar-refractivity contribution in [2.75, 3.05) is 6.61 Å². The van der Waals surface area contributed by atoms with Gasteiger partial charge in [0.05, 0.1) is 6.33 Å². The van der Waals surface area contributed by atoms with E-state index in [4.69, 9.17) is 16.3 Å². The van der Waals surface area contributed by atoms with Gasteiger partial charge in [-0.1, -0.05) is 16.8 Å². The molecule has 18 heavy (non-hydrogen) atoms. The second-order valence-corrected chi connectivity index (χ2v) is 4.40. The van der Waals surface area contributed by atoms with Crippen LogP contribution in [0.5, 0.6) is 5.75 Å². The van der Waals surface area contributed by atoms with Crippen LogP contribution >= 0.6 is 11.6 Å². The third-order valence-electron chi connectivity index (χ3n) is 2.92. The Hall–Kier alpha value is -2.01. The van der Waals surface area contributed by atoms with E-state index < -0.39 is 0 Å². The number of halogens is 1. The number of aromatic nitrogens is 2. The zero-order valence-corrected chi connectivity index (χ0v) is 10.1. The molecule has 0 radical (unpaired) electrons. The van der Waals surface area contributed by atoms with E-state index in [9.17, 15) is 5.21 Å². The van der Waals surface area contributed by atoms with Crippen molar-refractivity contribution in [1.82, 2.24) is 9.55 Å². The summed E-state index contributed by atoms with van der Waals surface area (Å²) in [7, 11) is 0. The molecule has 5 nitrogen and oxygen atoms in total. The molecular formula is C12H10ClN3O2. The minimum Gasteiger partial charge on any atom is -0.490 e. The van der Waals surface area contributed by atoms with Crippen LogP contribution in [0, 0.1) is 0 Å². The van der Waals surface area contributed by atoms with Gasteiger partial charge in [-0.25, -0.2) is 4.98 Å². The van der Waals surface area contributed by atoms with Gasteiger partial charge in [0.2, 0.25) is 0 Å². The van der Waals surface area contributed by atoms with E-state index in [-0.39, 0.29) is 6.04 Å². The summed E-state index contributed by atoms with van der Waals surface area (Å²) in [4.78, 5) is 3.99. The van der Waals surface area contributed by atoms with E-state index in [2.05, 4.69) is 10.1 Å². The summed E-state index contributed by atoms with van der Waals surface area (Å²) in [6.07, 6.45) is 5.15. The maximum Gasteiger partial charge on any atom is 0.130 e. The topological polar surface area (TPSA) is 59.6 Å². The molecule has 0 saturated heterocycles. The highest BCUT2D eigenvalue weighted by Crippen LogP contribution is 2.32. The third-order valence-corrected chi connectivity index (χ3v) is 3.16. The molecule has 1 atom stereocenters. The van der Waals surface area contributed by atoms with Crippen LogP contribution in [0.2, 0.25) is 5.02 Å². The molecule has 0 bridgehead atoms. The molecule has 0 saturated carbocycles. The molecule has 2 aromatic rings. The van der Waals surface area contributed by atoms with Crippen molar-refractivity contribution in [2.45, 2.75) is 6.04 Å². The van der Waals surface area contributed by atoms with Crippen LogP contribution < -0.4 is 4.74 Å². The quantitative estimate of drug-likeness (QED) is 0.635. The monoisotopic (exact) mass is 263 g/mol. The first-order chi connectivity index (χ1) is 8.79. The Kier molecular flexibility index (Phi) is 2.68. The predicted molar refractivity (Wildman–Crippen MR) is 66.5 cm³/mol. The number of hydrogen-bond acceptors (Lipinski definition) is 4. The summed E-state index contributed by atoms with van der Waals surface area (Å²) in [5, 5.41) is 13.2. The maximum atomic E-state index is 9.24. The van der Waals surface area contributed by atoms with Gasteiger partial charge in [0.1, 0.15) is 24.1 Å². The van der Waals surface area contributed by atoms with Crippen molar-refractivity contribution in [3.05, 3.63) is 47.5 Å². The second-order valence-electron chi connectivity index (χ2n) is 3.96. The lowest BCUT2D eigenvalue weighted by atomic mass is 10.00. The van der Waals surface area contributed by atoms with Gasteiger partial charge in [0.15, 0.2) is 0 Å². The molecule has 1 N–H and O–H groups in total. The molecule has 2 heterocycles. The first kappa shape index (κ1) is 11.1. The minimum atomic E-state index is -0.189. The van der Waals surface area contributed by atoms with Crippen LogP contribution in [0.15, 0.2) is 42.1 Å². The van der Waals surface area contributed by atoms with Crippen LogP contribution in [-0.2, 0) is 0 Å². The summed E-state index contributed by atoms with van der Waals surface area (Å²) in [5.74, 6) is 0.631. The SMILES string of the molecule is O/N=C1/c2ccc(Cl)cc2OCC1n1ccnc1. The van der Waals surface area contributed by atoms with E-state index in [0.717, 1.165) is 5.56 Å². The zero-order valence-electron chi connectivity index (χ0n) is 9.32. The number of ether oxygens (including phenoxy) is 1. The van der Waals surface area contributed by atoms with Crippen molar-refractivity contribution in [3.63, 3.8) is 0 Å². The Morgan fingerprint density at radius 3 is 3.11 bits per heavy atom. The van der Waals surface area contributed by atoms with Crippen LogP contribution in [0.4, 0.5) is 0 Å². The molecule has 1 aromatic heterocycles. The largest absolute Gasteiger partial charge is 0.490 e. The number of benzene rings is 1. The average Bonchev–Trinajstić information content (AvgIpc) is 2.90. The maximum absolute atomic E-state index is 9.24. The number of imidazole rings is 1. The van der Waals surface area contributed by atoms with Gasteiger partial charge in [0, 0.05) is 23.0 Å². The summed E-state index contributed by atoms with van der Waals surface area (Å²) in [6.45, 7) is 0.378. The molecule has 1 unspecified atom stereocenters. The Labute approximate surface area is 108 Å². The zero-order chi connectivity index (χ0) is 12.5. The van der Waals surface area contributed by atoms with Crippen molar-refractivity contribution in [2.24, 2.45) is 5.16 Å². The summed E-state index contributed by atoms with van der Waals surface area (Å²) >= 11 is 5.91. The van der Waals surface area contributed by atoms with Gasteiger partial charge in [-0.15, -0.1) is 0 Å². The van der Waals surface area contributed by atoms with E-state index in [1.165, 1.54) is 0 Å². The Morgan fingerprint density at radius 1 is 1.50 bits per heavy atom.